The maximum absolute atomic E-state index is 12.6. The number of carbonyl (C=O) groups excluding carboxylic acids is 1. The van der Waals surface area contributed by atoms with E-state index in [0.29, 0.717) is 30.2 Å². The van der Waals surface area contributed by atoms with Gasteiger partial charge in [-0.3, -0.25) is 4.79 Å². The van der Waals surface area contributed by atoms with Gasteiger partial charge in [0.05, 0.1) is 30.3 Å². The summed E-state index contributed by atoms with van der Waals surface area (Å²) in [6.07, 6.45) is -3.73. The number of likely N-dealkylation sites (N-methyl/N-ethyl adjacent to an activating group) is 1. The van der Waals surface area contributed by atoms with Crippen LogP contribution in [-0.4, -0.2) is 47.1 Å². The van der Waals surface area contributed by atoms with Crippen molar-refractivity contribution in [3.63, 3.8) is 0 Å². The third kappa shape index (κ3) is 4.00. The second-order valence-corrected chi connectivity index (χ2v) is 6.64. The maximum atomic E-state index is 12.6. The van der Waals surface area contributed by atoms with Crippen molar-refractivity contribution in [3.8, 4) is 11.6 Å². The molecule has 1 saturated heterocycles. The molecule has 0 spiro atoms. The number of nitrogens with zero attached hydrogens (tertiary/aromatic N) is 3. The summed E-state index contributed by atoms with van der Waals surface area (Å²) >= 11 is 0. The highest BCUT2D eigenvalue weighted by molar-refractivity contribution is 5.95. The molecule has 1 aromatic carbocycles. The molecular formula is C20H16F3N3O3. The molecule has 0 aliphatic carbocycles. The molecule has 3 aromatic rings. The Kier molecular flexibility index (Phi) is 4.83. The van der Waals surface area contributed by atoms with E-state index in [1.807, 2.05) is 0 Å². The fourth-order valence-electron chi connectivity index (χ4n) is 2.81. The molecule has 0 unspecified atom stereocenters. The van der Waals surface area contributed by atoms with Crippen molar-refractivity contribution >= 4 is 16.8 Å². The Balaban J connectivity index is 1.51. The Labute approximate surface area is 163 Å². The summed E-state index contributed by atoms with van der Waals surface area (Å²) in [6.45, 7) is 1.04. The summed E-state index contributed by atoms with van der Waals surface area (Å²) in [5.41, 5.74) is 0.0787. The van der Waals surface area contributed by atoms with Gasteiger partial charge in [0.2, 0.25) is 5.88 Å². The second-order valence-electron chi connectivity index (χ2n) is 6.64. The minimum absolute atomic E-state index is 0.0430. The van der Waals surface area contributed by atoms with Crippen LogP contribution in [0.5, 0.6) is 11.6 Å². The van der Waals surface area contributed by atoms with E-state index in [2.05, 4.69) is 9.97 Å². The van der Waals surface area contributed by atoms with Crippen LogP contribution in [0.3, 0.4) is 0 Å². The molecule has 0 N–H and O–H groups in total. The van der Waals surface area contributed by atoms with Crippen LogP contribution in [0, 0.1) is 0 Å². The summed E-state index contributed by atoms with van der Waals surface area (Å²) in [5.74, 6) is 0.255. The van der Waals surface area contributed by atoms with Gasteiger partial charge in [0.25, 0.3) is 5.91 Å². The zero-order chi connectivity index (χ0) is 20.6. The summed E-state index contributed by atoms with van der Waals surface area (Å²) < 4.78 is 48.5. The van der Waals surface area contributed by atoms with E-state index < -0.39 is 11.7 Å². The average Bonchev–Trinajstić information content (AvgIpc) is 2.65. The summed E-state index contributed by atoms with van der Waals surface area (Å²) in [6, 6.07) is 10.5. The van der Waals surface area contributed by atoms with Gasteiger partial charge in [0.1, 0.15) is 11.4 Å². The maximum Gasteiger partial charge on any atom is 0.417 e. The van der Waals surface area contributed by atoms with Crippen LogP contribution < -0.4 is 4.74 Å². The average molecular weight is 403 g/mol. The minimum atomic E-state index is -4.45. The predicted molar refractivity (Wildman–Crippen MR) is 97.8 cm³/mol. The van der Waals surface area contributed by atoms with Crippen molar-refractivity contribution < 1.29 is 27.4 Å². The first kappa shape index (κ1) is 19.1. The van der Waals surface area contributed by atoms with Crippen LogP contribution in [-0.2, 0) is 10.9 Å². The molecular weight excluding hydrogens is 387 g/mol. The van der Waals surface area contributed by atoms with Crippen molar-refractivity contribution in [1.82, 2.24) is 14.9 Å². The van der Waals surface area contributed by atoms with Crippen molar-refractivity contribution in [1.29, 1.82) is 0 Å². The van der Waals surface area contributed by atoms with E-state index in [4.69, 9.17) is 9.47 Å². The van der Waals surface area contributed by atoms with Gasteiger partial charge in [-0.15, -0.1) is 0 Å². The molecule has 1 fully saturated rings. The van der Waals surface area contributed by atoms with Gasteiger partial charge in [0, 0.05) is 24.7 Å². The van der Waals surface area contributed by atoms with E-state index in [9.17, 15) is 18.0 Å². The normalized spacial score (nSPS) is 14.5. The summed E-state index contributed by atoms with van der Waals surface area (Å²) in [7, 11) is 1.72. The molecule has 0 radical (unpaired) electrons. The molecule has 1 aliphatic heterocycles. The fourth-order valence-corrected chi connectivity index (χ4v) is 2.81. The van der Waals surface area contributed by atoms with Crippen molar-refractivity contribution in [2.75, 3.05) is 20.3 Å². The number of rotatable bonds is 4. The Morgan fingerprint density at radius 2 is 1.97 bits per heavy atom. The quantitative estimate of drug-likeness (QED) is 0.661. The molecule has 4 rings (SSSR count). The number of hydrogen-bond acceptors (Lipinski definition) is 5. The highest BCUT2D eigenvalue weighted by atomic mass is 19.4. The number of carbonyl (C=O) groups is 1. The topological polar surface area (TPSA) is 64.6 Å². The lowest BCUT2D eigenvalue weighted by Crippen LogP contribution is -2.49. The lowest BCUT2D eigenvalue weighted by Gasteiger charge is -2.34. The monoisotopic (exact) mass is 403 g/mol. The van der Waals surface area contributed by atoms with Gasteiger partial charge < -0.3 is 14.4 Å². The van der Waals surface area contributed by atoms with Gasteiger partial charge in [-0.1, -0.05) is 6.07 Å². The number of benzene rings is 1. The van der Waals surface area contributed by atoms with Crippen LogP contribution in [0.15, 0.2) is 48.7 Å². The number of amides is 1. The number of ether oxygens (including phenoxy) is 2. The second kappa shape index (κ2) is 7.32. The fraction of sp³-hybridized carbons (Fsp3) is 0.250. The standard InChI is InChI=1S/C20H16F3N3O3/c1-26(14-10-28-11-14)19(27)17-5-2-12-8-15(4-6-16(12)25-17)29-18-7-3-13(9-24-18)20(21,22)23/h2-9,14H,10-11H2,1H3. The van der Waals surface area contributed by atoms with Crippen LogP contribution in [0.4, 0.5) is 13.2 Å². The van der Waals surface area contributed by atoms with E-state index in [0.717, 1.165) is 23.7 Å². The van der Waals surface area contributed by atoms with Crippen molar-refractivity contribution in [2.45, 2.75) is 12.2 Å². The number of pyridine rings is 2. The number of halogens is 3. The Hall–Kier alpha value is -3.20. The van der Waals surface area contributed by atoms with Crippen molar-refractivity contribution in [2.24, 2.45) is 0 Å². The van der Waals surface area contributed by atoms with E-state index in [-0.39, 0.29) is 17.8 Å². The lowest BCUT2D eigenvalue weighted by molar-refractivity contribution is -0.137. The largest absolute Gasteiger partial charge is 0.439 e. The molecule has 6 nitrogen and oxygen atoms in total. The first-order valence-corrected chi connectivity index (χ1v) is 8.78. The zero-order valence-corrected chi connectivity index (χ0v) is 15.3. The first-order valence-electron chi connectivity index (χ1n) is 8.78. The molecule has 9 heteroatoms. The van der Waals surface area contributed by atoms with Gasteiger partial charge in [-0.2, -0.15) is 13.2 Å². The van der Waals surface area contributed by atoms with Crippen LogP contribution >= 0.6 is 0 Å². The molecule has 29 heavy (non-hydrogen) atoms. The lowest BCUT2D eigenvalue weighted by atomic mass is 10.1. The molecule has 150 valence electrons. The molecule has 0 atom stereocenters. The molecule has 1 amide bonds. The Morgan fingerprint density at radius 1 is 1.17 bits per heavy atom. The van der Waals surface area contributed by atoms with E-state index >= 15 is 0 Å². The molecule has 0 saturated carbocycles. The van der Waals surface area contributed by atoms with Gasteiger partial charge in [-0.25, -0.2) is 9.97 Å². The minimum Gasteiger partial charge on any atom is -0.439 e. The first-order chi connectivity index (χ1) is 13.8. The van der Waals surface area contributed by atoms with Gasteiger partial charge in [0.15, 0.2) is 0 Å². The Bertz CT molecular complexity index is 1050. The van der Waals surface area contributed by atoms with E-state index in [1.165, 1.54) is 0 Å². The smallest absolute Gasteiger partial charge is 0.417 e. The number of aromatic nitrogens is 2. The van der Waals surface area contributed by atoms with E-state index in [1.54, 1.807) is 42.3 Å². The highest BCUT2D eigenvalue weighted by Crippen LogP contribution is 2.30. The number of alkyl halides is 3. The van der Waals surface area contributed by atoms with Gasteiger partial charge in [-0.05, 0) is 30.3 Å². The Morgan fingerprint density at radius 3 is 2.59 bits per heavy atom. The summed E-state index contributed by atoms with van der Waals surface area (Å²) in [5, 5.41) is 0.723. The molecule has 0 bridgehead atoms. The number of fused-ring (bicyclic) bond motifs is 1. The molecule has 2 aromatic heterocycles. The van der Waals surface area contributed by atoms with Crippen LogP contribution in [0.25, 0.3) is 10.9 Å². The highest BCUT2D eigenvalue weighted by Gasteiger charge is 2.31. The zero-order valence-electron chi connectivity index (χ0n) is 15.3. The molecule has 1 aliphatic rings. The van der Waals surface area contributed by atoms with Crippen LogP contribution in [0.2, 0.25) is 0 Å². The molecule has 3 heterocycles. The third-order valence-corrected chi connectivity index (χ3v) is 4.65. The van der Waals surface area contributed by atoms with Crippen molar-refractivity contribution in [3.05, 3.63) is 59.9 Å². The SMILES string of the molecule is CN(C(=O)c1ccc2cc(Oc3ccc(C(F)(F)F)cn3)ccc2n1)C1COC1. The number of hydrogen-bond donors (Lipinski definition) is 0. The predicted octanol–water partition coefficient (Wildman–Crippen LogP) is 3.91. The third-order valence-electron chi connectivity index (χ3n) is 4.65. The summed E-state index contributed by atoms with van der Waals surface area (Å²) in [4.78, 5) is 22.2. The van der Waals surface area contributed by atoms with Crippen LogP contribution in [0.1, 0.15) is 16.1 Å². The van der Waals surface area contributed by atoms with Gasteiger partial charge >= 0.3 is 6.18 Å².